The predicted octanol–water partition coefficient (Wildman–Crippen LogP) is 5.28. The first kappa shape index (κ1) is 23.4. The average Bonchev–Trinajstić information content (AvgIpc) is 3.67. The lowest BCUT2D eigenvalue weighted by atomic mass is 10.1. The molecule has 0 amide bonds. The SMILES string of the molecule is C=C/C=C(/Nc1cc(=O)c2c(C)cc(N3CCN(C)C(C)C3)nc2n1-c1ccc(C)cc1)C1CC1.[HH]. The lowest BCUT2D eigenvalue weighted by molar-refractivity contribution is 0.233. The van der Waals surface area contributed by atoms with E-state index in [1.54, 1.807) is 6.07 Å². The van der Waals surface area contributed by atoms with Crippen molar-refractivity contribution in [2.75, 3.05) is 36.9 Å². The molecule has 5 rings (SSSR count). The van der Waals surface area contributed by atoms with Gasteiger partial charge in [0.05, 0.1) is 5.39 Å². The maximum absolute atomic E-state index is 13.4. The number of aromatic nitrogens is 2. The van der Waals surface area contributed by atoms with Crippen LogP contribution in [0.4, 0.5) is 11.6 Å². The van der Waals surface area contributed by atoms with Gasteiger partial charge in [-0.2, -0.15) is 0 Å². The lowest BCUT2D eigenvalue weighted by Crippen LogP contribution is -2.50. The highest BCUT2D eigenvalue weighted by atomic mass is 16.1. The van der Waals surface area contributed by atoms with Crippen LogP contribution >= 0.6 is 0 Å². The minimum absolute atomic E-state index is 0. The van der Waals surface area contributed by atoms with E-state index in [4.69, 9.17) is 4.98 Å². The standard InChI is InChI=1S/C29H35N5O.H2/c1-6-7-24(22-10-11-22)30-27-17-25(35)28-20(3)16-26(33-15-14-32(5)21(4)18-33)31-29(28)34(27)23-12-8-19(2)9-13-23;/h6-9,12-13,16-17,21-22,30H,1,10-11,14-15,18H2,2-5H3;1H/b24-7+;. The van der Waals surface area contributed by atoms with Crippen LogP contribution in [0.3, 0.4) is 0 Å². The summed E-state index contributed by atoms with van der Waals surface area (Å²) in [6, 6.07) is 12.6. The van der Waals surface area contributed by atoms with Gasteiger partial charge in [-0.3, -0.25) is 9.36 Å². The average molecular weight is 472 g/mol. The number of pyridine rings is 2. The fraction of sp³-hybridized carbons (Fsp3) is 0.379. The second-order valence-corrected chi connectivity index (χ2v) is 10.1. The molecule has 0 bridgehead atoms. The third kappa shape index (κ3) is 4.63. The van der Waals surface area contributed by atoms with E-state index in [9.17, 15) is 4.79 Å². The fourth-order valence-electron chi connectivity index (χ4n) is 4.89. The smallest absolute Gasteiger partial charge is 0.193 e. The molecule has 1 aromatic carbocycles. The highest BCUT2D eigenvalue weighted by Gasteiger charge is 2.27. The largest absolute Gasteiger partial charge is 0.354 e. The van der Waals surface area contributed by atoms with E-state index in [1.165, 1.54) is 5.56 Å². The van der Waals surface area contributed by atoms with Gasteiger partial charge in [-0.15, -0.1) is 0 Å². The van der Waals surface area contributed by atoms with Crippen LogP contribution in [0.1, 0.15) is 32.3 Å². The molecule has 1 unspecified atom stereocenters. The number of aryl methyl sites for hydroxylation is 2. The molecule has 6 nitrogen and oxygen atoms in total. The van der Waals surface area contributed by atoms with E-state index >= 15 is 0 Å². The van der Waals surface area contributed by atoms with E-state index in [0.29, 0.717) is 23.0 Å². The van der Waals surface area contributed by atoms with Crippen LogP contribution in [-0.4, -0.2) is 47.2 Å². The van der Waals surface area contributed by atoms with Crippen LogP contribution < -0.4 is 15.6 Å². The molecule has 184 valence electrons. The molecule has 1 N–H and O–H groups in total. The lowest BCUT2D eigenvalue weighted by Gasteiger charge is -2.38. The van der Waals surface area contributed by atoms with Gasteiger partial charge in [0.2, 0.25) is 0 Å². The Kier molecular flexibility index (Phi) is 6.24. The molecule has 1 aliphatic carbocycles. The van der Waals surface area contributed by atoms with Gasteiger partial charge in [-0.25, -0.2) is 4.98 Å². The number of hydrogen-bond donors (Lipinski definition) is 1. The topological polar surface area (TPSA) is 53.4 Å². The maximum atomic E-state index is 13.4. The fourth-order valence-corrected chi connectivity index (χ4v) is 4.89. The third-order valence-corrected chi connectivity index (χ3v) is 7.31. The van der Waals surface area contributed by atoms with Gasteiger partial charge < -0.3 is 15.1 Å². The van der Waals surface area contributed by atoms with Gasteiger partial charge in [0.25, 0.3) is 0 Å². The molecule has 3 heterocycles. The number of likely N-dealkylation sites (N-methyl/N-ethyl adjacent to an activating group) is 1. The summed E-state index contributed by atoms with van der Waals surface area (Å²) in [5, 5.41) is 4.25. The van der Waals surface area contributed by atoms with Crippen molar-refractivity contribution in [1.82, 2.24) is 14.5 Å². The number of nitrogens with zero attached hydrogens (tertiary/aromatic N) is 4. The molecule has 6 heteroatoms. The molecule has 2 aliphatic rings. The molecule has 3 aromatic rings. The monoisotopic (exact) mass is 471 g/mol. The van der Waals surface area contributed by atoms with Crippen molar-refractivity contribution in [2.24, 2.45) is 5.92 Å². The predicted molar refractivity (Wildman–Crippen MR) is 148 cm³/mol. The Hall–Kier alpha value is -3.38. The van der Waals surface area contributed by atoms with E-state index in [0.717, 1.165) is 61.1 Å². The zero-order chi connectivity index (χ0) is 24.7. The Balaban J connectivity index is 0.00000304. The Bertz CT molecular complexity index is 1360. The number of benzene rings is 1. The molecule has 2 aromatic heterocycles. The van der Waals surface area contributed by atoms with Crippen LogP contribution in [-0.2, 0) is 0 Å². The zero-order valence-electron chi connectivity index (χ0n) is 21.2. The molecular weight excluding hydrogens is 434 g/mol. The van der Waals surface area contributed by atoms with Crippen LogP contribution in [0, 0.1) is 19.8 Å². The summed E-state index contributed by atoms with van der Waals surface area (Å²) in [7, 11) is 2.17. The number of fused-ring (bicyclic) bond motifs is 1. The summed E-state index contributed by atoms with van der Waals surface area (Å²) in [5.41, 5.74) is 4.91. The van der Waals surface area contributed by atoms with E-state index in [1.807, 2.05) is 19.1 Å². The third-order valence-electron chi connectivity index (χ3n) is 7.31. The molecular formula is C29H37N5O. The molecule has 1 saturated carbocycles. The van der Waals surface area contributed by atoms with Crippen LogP contribution in [0.25, 0.3) is 16.7 Å². The highest BCUT2D eigenvalue weighted by Crippen LogP contribution is 2.37. The van der Waals surface area contributed by atoms with Crippen molar-refractivity contribution in [2.45, 2.75) is 39.7 Å². The van der Waals surface area contributed by atoms with E-state index < -0.39 is 0 Å². The van der Waals surface area contributed by atoms with Crippen molar-refractivity contribution in [1.29, 1.82) is 0 Å². The highest BCUT2D eigenvalue weighted by molar-refractivity contribution is 5.85. The van der Waals surface area contributed by atoms with Gasteiger partial charge in [0, 0.05) is 44.6 Å². The summed E-state index contributed by atoms with van der Waals surface area (Å²) in [6.45, 7) is 13.1. The van der Waals surface area contributed by atoms with Gasteiger partial charge >= 0.3 is 0 Å². The van der Waals surface area contributed by atoms with Crippen LogP contribution in [0.5, 0.6) is 0 Å². The number of nitrogens with one attached hydrogen (secondary N) is 1. The summed E-state index contributed by atoms with van der Waals surface area (Å²) in [6.07, 6.45) is 6.13. The van der Waals surface area contributed by atoms with Gasteiger partial charge in [0.15, 0.2) is 11.1 Å². The Morgan fingerprint density at radius 2 is 1.91 bits per heavy atom. The van der Waals surface area contributed by atoms with Crippen molar-refractivity contribution in [3.05, 3.63) is 82.2 Å². The molecule has 35 heavy (non-hydrogen) atoms. The van der Waals surface area contributed by atoms with Gasteiger partial charge in [-0.1, -0.05) is 30.4 Å². The minimum atomic E-state index is -0.0112. The molecule has 1 aliphatic heterocycles. The number of rotatable bonds is 6. The minimum Gasteiger partial charge on any atom is -0.354 e. The summed E-state index contributed by atoms with van der Waals surface area (Å²) in [4.78, 5) is 23.3. The number of hydrogen-bond acceptors (Lipinski definition) is 5. The van der Waals surface area contributed by atoms with Crippen molar-refractivity contribution in [3.8, 4) is 5.69 Å². The Morgan fingerprint density at radius 1 is 1.17 bits per heavy atom. The van der Waals surface area contributed by atoms with E-state index in [-0.39, 0.29) is 6.86 Å². The quantitative estimate of drug-likeness (QED) is 0.496. The second-order valence-electron chi connectivity index (χ2n) is 10.1. The van der Waals surface area contributed by atoms with E-state index in [2.05, 4.69) is 77.5 Å². The Morgan fingerprint density at radius 3 is 2.57 bits per heavy atom. The Labute approximate surface area is 209 Å². The summed E-state index contributed by atoms with van der Waals surface area (Å²) in [5.74, 6) is 2.15. The maximum Gasteiger partial charge on any atom is 0.193 e. The first-order valence-electron chi connectivity index (χ1n) is 12.5. The molecule has 0 spiro atoms. The molecule has 1 atom stereocenters. The molecule has 0 radical (unpaired) electrons. The number of allylic oxidation sites excluding steroid dienone is 3. The normalized spacial score (nSPS) is 19.3. The summed E-state index contributed by atoms with van der Waals surface area (Å²) >= 11 is 0. The van der Waals surface area contributed by atoms with Crippen molar-refractivity contribution >= 4 is 22.7 Å². The zero-order valence-corrected chi connectivity index (χ0v) is 21.2. The van der Waals surface area contributed by atoms with Crippen LogP contribution in [0.15, 0.2) is 65.6 Å². The second kappa shape index (κ2) is 9.34. The first-order chi connectivity index (χ1) is 16.9. The number of anilines is 2. The van der Waals surface area contributed by atoms with Crippen molar-refractivity contribution < 1.29 is 1.43 Å². The summed E-state index contributed by atoms with van der Waals surface area (Å²) < 4.78 is 2.10. The molecule has 1 saturated heterocycles. The molecule has 2 fully saturated rings. The van der Waals surface area contributed by atoms with Gasteiger partial charge in [0.1, 0.15) is 11.6 Å². The van der Waals surface area contributed by atoms with Gasteiger partial charge in [-0.05, 0) is 76.4 Å². The van der Waals surface area contributed by atoms with Crippen LogP contribution in [0.2, 0.25) is 0 Å². The van der Waals surface area contributed by atoms with Crippen molar-refractivity contribution in [3.63, 3.8) is 0 Å². The first-order valence-corrected chi connectivity index (χ1v) is 12.5. The number of piperazine rings is 1.